The zero-order chi connectivity index (χ0) is 35.8. The Balaban J connectivity index is 1.16. The second-order valence-corrected chi connectivity index (χ2v) is 22.4. The van der Waals surface area contributed by atoms with Gasteiger partial charge in [0.1, 0.15) is 0 Å². The van der Waals surface area contributed by atoms with Crippen molar-refractivity contribution in [2.75, 3.05) is 0 Å². The van der Waals surface area contributed by atoms with Crippen LogP contribution in [0.25, 0.3) is 34.4 Å². The smallest absolute Gasteiger partial charge is 0.0364 e. The second-order valence-electron chi connectivity index (χ2n) is 19.2. The molecule has 0 aromatic heterocycles. The molecule has 0 nitrogen and oxygen atoms in total. The van der Waals surface area contributed by atoms with Crippen LogP contribution in [0.3, 0.4) is 0 Å². The molecule has 0 aliphatic heterocycles. The monoisotopic (exact) mass is 688 g/mol. The van der Waals surface area contributed by atoms with Gasteiger partial charge in [0.15, 0.2) is 0 Å². The first-order valence-electron chi connectivity index (χ1n) is 20.1. The minimum Gasteiger partial charge on any atom is -0.0649 e. The lowest BCUT2D eigenvalue weighted by molar-refractivity contribution is 0.437. The molecule has 1 heteroatoms. The minimum absolute atomic E-state index is 0.168. The van der Waals surface area contributed by atoms with Crippen LogP contribution in [0.15, 0.2) is 96.1 Å². The number of rotatable bonds is 6. The molecule has 0 saturated heterocycles. The molecule has 0 bridgehead atoms. The SMILES string of the molecule is CC1=Cc2c(-c3ccc(C(C)(C)C)cc3)cccc2C1C1([SiH2]C2(C3C(C)=Cc4c(-c5ccc(C(C)(C)C)cc5)cccc43)CCCC2)CCCC1. The third-order valence-electron chi connectivity index (χ3n) is 13.8. The molecule has 2 saturated carbocycles. The van der Waals surface area contributed by atoms with E-state index in [0.717, 1.165) is 0 Å². The van der Waals surface area contributed by atoms with Crippen molar-refractivity contribution in [2.45, 2.75) is 139 Å². The molecular formula is C50H60Si. The molecule has 4 aromatic carbocycles. The Kier molecular flexibility index (Phi) is 8.57. The van der Waals surface area contributed by atoms with Crippen LogP contribution in [0, 0.1) is 0 Å². The van der Waals surface area contributed by atoms with Gasteiger partial charge in [-0.25, -0.2) is 0 Å². The summed E-state index contributed by atoms with van der Waals surface area (Å²) >= 11 is 0. The van der Waals surface area contributed by atoms with E-state index in [-0.39, 0.29) is 10.8 Å². The summed E-state index contributed by atoms with van der Waals surface area (Å²) in [6, 6.07) is 33.5. The van der Waals surface area contributed by atoms with Crippen molar-refractivity contribution in [1.82, 2.24) is 0 Å². The van der Waals surface area contributed by atoms with E-state index in [0.29, 0.717) is 21.9 Å². The lowest BCUT2D eigenvalue weighted by Gasteiger charge is -2.47. The van der Waals surface area contributed by atoms with Crippen LogP contribution >= 0.6 is 0 Å². The maximum Gasteiger partial charge on any atom is 0.0364 e. The van der Waals surface area contributed by atoms with Crippen molar-refractivity contribution in [2.24, 2.45) is 0 Å². The number of hydrogen-bond donors (Lipinski definition) is 0. The van der Waals surface area contributed by atoms with Crippen molar-refractivity contribution >= 4 is 21.7 Å². The number of fused-ring (bicyclic) bond motifs is 2. The third kappa shape index (κ3) is 5.96. The van der Waals surface area contributed by atoms with Crippen molar-refractivity contribution in [3.8, 4) is 22.3 Å². The van der Waals surface area contributed by atoms with Gasteiger partial charge in [-0.05, 0) is 116 Å². The van der Waals surface area contributed by atoms with Gasteiger partial charge in [0, 0.05) is 21.4 Å². The van der Waals surface area contributed by atoms with Gasteiger partial charge in [-0.3, -0.25) is 0 Å². The zero-order valence-corrected chi connectivity index (χ0v) is 34.2. The molecule has 8 rings (SSSR count). The van der Waals surface area contributed by atoms with Crippen LogP contribution in [0.1, 0.15) is 152 Å². The summed E-state index contributed by atoms with van der Waals surface area (Å²) < 4.78 is 0. The lowest BCUT2D eigenvalue weighted by Crippen LogP contribution is -2.37. The molecule has 0 amide bonds. The fourth-order valence-corrected chi connectivity index (χ4v) is 16.1. The van der Waals surface area contributed by atoms with Crippen LogP contribution < -0.4 is 0 Å². The molecule has 264 valence electrons. The molecule has 4 aliphatic carbocycles. The predicted molar refractivity (Wildman–Crippen MR) is 225 cm³/mol. The van der Waals surface area contributed by atoms with E-state index in [4.69, 9.17) is 0 Å². The summed E-state index contributed by atoms with van der Waals surface area (Å²) in [5.74, 6) is 1.15. The van der Waals surface area contributed by atoms with Gasteiger partial charge >= 0.3 is 0 Å². The summed E-state index contributed by atoms with van der Waals surface area (Å²) in [7, 11) is -0.525. The van der Waals surface area contributed by atoms with Crippen molar-refractivity contribution < 1.29 is 0 Å². The fourth-order valence-electron chi connectivity index (χ4n) is 11.5. The Hall–Kier alpha value is -3.42. The summed E-state index contributed by atoms with van der Waals surface area (Å²) in [6.07, 6.45) is 16.5. The number of benzene rings is 4. The number of hydrogen-bond acceptors (Lipinski definition) is 0. The van der Waals surface area contributed by atoms with Gasteiger partial charge in [-0.2, -0.15) is 0 Å². The van der Waals surface area contributed by atoms with E-state index in [1.165, 1.54) is 95.9 Å². The van der Waals surface area contributed by atoms with E-state index in [9.17, 15) is 0 Å². The van der Waals surface area contributed by atoms with Crippen LogP contribution in [-0.4, -0.2) is 9.52 Å². The Bertz CT molecular complexity index is 1840. The Morgan fingerprint density at radius 3 is 1.18 bits per heavy atom. The Morgan fingerprint density at radius 2 is 0.843 bits per heavy atom. The second kappa shape index (κ2) is 12.6. The molecule has 0 spiro atoms. The highest BCUT2D eigenvalue weighted by atomic mass is 28.2. The Labute approximate surface area is 311 Å². The first-order valence-corrected chi connectivity index (χ1v) is 21.6. The van der Waals surface area contributed by atoms with Crippen molar-refractivity contribution in [3.05, 3.63) is 129 Å². The van der Waals surface area contributed by atoms with Gasteiger partial charge in [-0.15, -0.1) is 0 Å². The first kappa shape index (κ1) is 34.7. The molecule has 0 N–H and O–H groups in total. The molecular weight excluding hydrogens is 629 g/mol. The standard InChI is InChI=1S/C50H60Si/c1-33-31-43-39(35-19-23-37(24-20-35)47(3,4)5)15-13-17-41(43)45(33)49(27-9-10-28-49)51-50(29-11-12-30-50)46-34(2)32-44-40(16-14-18-42(44)46)36-21-25-38(26-22-36)48(6,7)8/h13-26,31-32,45-46H,9-12,27-30,51H2,1-8H3. The molecule has 2 unspecified atom stereocenters. The maximum absolute atomic E-state index is 2.61. The highest BCUT2D eigenvalue weighted by Crippen LogP contribution is 2.69. The summed E-state index contributed by atoms with van der Waals surface area (Å²) in [4.78, 5) is 0. The highest BCUT2D eigenvalue weighted by molar-refractivity contribution is 6.46. The van der Waals surface area contributed by atoms with Crippen LogP contribution in [-0.2, 0) is 10.8 Å². The molecule has 2 atom stereocenters. The third-order valence-corrected chi connectivity index (χ3v) is 17.4. The fraction of sp³-hybridized carbons (Fsp3) is 0.440. The average Bonchev–Trinajstić information content (AvgIpc) is 3.89. The molecule has 2 fully saturated rings. The number of allylic oxidation sites excluding steroid dienone is 2. The average molecular weight is 689 g/mol. The summed E-state index contributed by atoms with van der Waals surface area (Å²) in [5.41, 5.74) is 18.3. The Morgan fingerprint density at radius 1 is 0.490 bits per heavy atom. The van der Waals surface area contributed by atoms with Crippen LogP contribution in [0.4, 0.5) is 0 Å². The van der Waals surface area contributed by atoms with Crippen molar-refractivity contribution in [1.29, 1.82) is 0 Å². The maximum atomic E-state index is 2.61. The van der Waals surface area contributed by atoms with Crippen LogP contribution in [0.5, 0.6) is 0 Å². The van der Waals surface area contributed by atoms with Gasteiger partial charge in [0.25, 0.3) is 0 Å². The molecule has 0 heterocycles. The highest BCUT2D eigenvalue weighted by Gasteiger charge is 2.54. The van der Waals surface area contributed by atoms with Crippen molar-refractivity contribution in [3.63, 3.8) is 0 Å². The van der Waals surface area contributed by atoms with E-state index in [1.807, 2.05) is 0 Å². The summed E-state index contributed by atoms with van der Waals surface area (Å²) in [6.45, 7) is 18.8. The van der Waals surface area contributed by atoms with E-state index >= 15 is 0 Å². The van der Waals surface area contributed by atoms with E-state index in [2.05, 4.69) is 152 Å². The molecule has 4 aliphatic rings. The zero-order valence-electron chi connectivity index (χ0n) is 32.8. The predicted octanol–water partition coefficient (Wildman–Crippen LogP) is 14.0. The molecule has 51 heavy (non-hydrogen) atoms. The first-order chi connectivity index (χ1) is 24.3. The van der Waals surface area contributed by atoms with Crippen LogP contribution in [0.2, 0.25) is 10.1 Å². The minimum atomic E-state index is -0.525. The quantitative estimate of drug-likeness (QED) is 0.177. The van der Waals surface area contributed by atoms with Gasteiger partial charge in [0.2, 0.25) is 0 Å². The van der Waals surface area contributed by atoms with Gasteiger partial charge in [-0.1, -0.05) is 175 Å². The topological polar surface area (TPSA) is 0 Å². The molecule has 4 aromatic rings. The van der Waals surface area contributed by atoms with Gasteiger partial charge < -0.3 is 0 Å². The molecule has 0 radical (unpaired) electrons. The summed E-state index contributed by atoms with van der Waals surface area (Å²) in [5, 5.41) is 0.905. The lowest BCUT2D eigenvalue weighted by atomic mass is 9.79. The largest absolute Gasteiger partial charge is 0.0649 e. The van der Waals surface area contributed by atoms with E-state index < -0.39 is 9.52 Å². The normalized spacial score (nSPS) is 22.4. The van der Waals surface area contributed by atoms with Gasteiger partial charge in [0.05, 0.1) is 0 Å². The van der Waals surface area contributed by atoms with E-state index in [1.54, 1.807) is 22.3 Å².